The molecule has 28 heavy (non-hydrogen) atoms. The minimum Gasteiger partial charge on any atom is -0.506 e. The Balaban J connectivity index is 1.86. The van der Waals surface area contributed by atoms with Gasteiger partial charge in [-0.15, -0.1) is 22.7 Å². The number of methoxy groups -OCH3 is 1. The zero-order chi connectivity index (χ0) is 19.3. The van der Waals surface area contributed by atoms with Crippen LogP contribution in [-0.4, -0.2) is 22.2 Å². The average Bonchev–Trinajstić information content (AvgIpc) is 3.36. The monoisotopic (exact) mass is 406 g/mol. The molecule has 138 valence electrons. The Morgan fingerprint density at radius 2 is 1.96 bits per heavy atom. The Labute approximate surface area is 167 Å². The molecule has 1 aromatic carbocycles. The highest BCUT2D eigenvalue weighted by Crippen LogP contribution is 2.43. The number of fused-ring (bicyclic) bond motifs is 3. The third-order valence-electron chi connectivity index (χ3n) is 4.58. The maximum atomic E-state index is 12.0. The van der Waals surface area contributed by atoms with Gasteiger partial charge in [-0.1, -0.05) is 6.07 Å². The maximum Gasteiger partial charge on any atom is 0.252 e. The predicted molar refractivity (Wildman–Crippen MR) is 115 cm³/mol. The van der Waals surface area contributed by atoms with E-state index in [0.717, 1.165) is 37.7 Å². The fraction of sp³-hybridized carbons (Fsp3) is 0.0476. The zero-order valence-corrected chi connectivity index (χ0v) is 16.4. The summed E-state index contributed by atoms with van der Waals surface area (Å²) in [5, 5.41) is 13.1. The fourth-order valence-electron chi connectivity index (χ4n) is 3.28. The number of rotatable bonds is 3. The van der Waals surface area contributed by atoms with Crippen molar-refractivity contribution < 1.29 is 9.84 Å². The summed E-state index contributed by atoms with van der Waals surface area (Å²) < 4.78 is 5.88. The van der Waals surface area contributed by atoms with Gasteiger partial charge in [-0.05, 0) is 41.8 Å². The molecule has 0 unspecified atom stereocenters. The molecule has 0 aliphatic carbocycles. The molecule has 0 atom stereocenters. The lowest BCUT2D eigenvalue weighted by atomic mass is 10.0. The molecule has 5 rings (SSSR count). The van der Waals surface area contributed by atoms with E-state index >= 15 is 0 Å². The SMILES string of the molecule is COc1ccc(-c2cc(-c3cccs3)c3c(n2)sc2c(O)cc(=O)[nH]c23)cc1. The normalized spacial score (nSPS) is 11.3. The molecule has 5 nitrogen and oxygen atoms in total. The standard InChI is InChI=1S/C21H14N2O3S2/c1-26-12-6-4-11(5-7-12)14-9-13(16-3-2-8-27-16)18-19-20(28-21(18)22-14)15(24)10-17(25)23-19/h2-10H,1H3,(H2,23,24,25). The van der Waals surface area contributed by atoms with E-state index < -0.39 is 0 Å². The van der Waals surface area contributed by atoms with Gasteiger partial charge in [-0.3, -0.25) is 4.79 Å². The maximum absolute atomic E-state index is 12.0. The molecule has 0 aliphatic heterocycles. The van der Waals surface area contributed by atoms with Crippen molar-refractivity contribution in [1.82, 2.24) is 9.97 Å². The quantitative estimate of drug-likeness (QED) is 0.429. The van der Waals surface area contributed by atoms with Crippen molar-refractivity contribution in [1.29, 1.82) is 0 Å². The summed E-state index contributed by atoms with van der Waals surface area (Å²) in [5.74, 6) is 0.762. The van der Waals surface area contributed by atoms with Crippen molar-refractivity contribution in [2.24, 2.45) is 0 Å². The smallest absolute Gasteiger partial charge is 0.252 e. The van der Waals surface area contributed by atoms with Crippen LogP contribution in [0.15, 0.2) is 58.7 Å². The number of H-pyrrole nitrogens is 1. The number of aromatic nitrogens is 2. The molecule has 0 saturated carbocycles. The Hall–Kier alpha value is -3.16. The zero-order valence-electron chi connectivity index (χ0n) is 14.7. The second kappa shape index (κ2) is 6.47. The molecule has 7 heteroatoms. The number of hydrogen-bond donors (Lipinski definition) is 2. The van der Waals surface area contributed by atoms with Crippen molar-refractivity contribution in [3.05, 3.63) is 64.3 Å². The summed E-state index contributed by atoms with van der Waals surface area (Å²) in [6.45, 7) is 0. The summed E-state index contributed by atoms with van der Waals surface area (Å²) in [6.07, 6.45) is 0. The molecule has 0 bridgehead atoms. The topological polar surface area (TPSA) is 75.2 Å². The molecule has 0 spiro atoms. The molecular formula is C21H14N2O3S2. The van der Waals surface area contributed by atoms with Crippen LogP contribution in [0.3, 0.4) is 0 Å². The number of aromatic hydroxyl groups is 1. The van der Waals surface area contributed by atoms with Crippen LogP contribution in [0.4, 0.5) is 0 Å². The average molecular weight is 406 g/mol. The van der Waals surface area contributed by atoms with Gasteiger partial charge in [-0.2, -0.15) is 0 Å². The van der Waals surface area contributed by atoms with Crippen LogP contribution in [0.25, 0.3) is 42.1 Å². The van der Waals surface area contributed by atoms with E-state index in [1.54, 1.807) is 18.4 Å². The van der Waals surface area contributed by atoms with E-state index in [4.69, 9.17) is 9.72 Å². The molecule has 0 aliphatic rings. The van der Waals surface area contributed by atoms with Crippen LogP contribution in [0.2, 0.25) is 0 Å². The van der Waals surface area contributed by atoms with Crippen molar-refractivity contribution in [2.45, 2.75) is 0 Å². The van der Waals surface area contributed by atoms with E-state index in [-0.39, 0.29) is 11.3 Å². The van der Waals surface area contributed by atoms with Crippen LogP contribution in [0, 0.1) is 0 Å². The van der Waals surface area contributed by atoms with Crippen LogP contribution >= 0.6 is 22.7 Å². The minimum absolute atomic E-state index is 0.0233. The third kappa shape index (κ3) is 2.67. The summed E-state index contributed by atoms with van der Waals surface area (Å²) in [7, 11) is 1.64. The van der Waals surface area contributed by atoms with Gasteiger partial charge < -0.3 is 14.8 Å². The van der Waals surface area contributed by atoms with Gasteiger partial charge in [0.1, 0.15) is 16.3 Å². The second-order valence-corrected chi connectivity index (χ2v) is 8.21. The second-order valence-electron chi connectivity index (χ2n) is 6.27. The van der Waals surface area contributed by atoms with Gasteiger partial charge >= 0.3 is 0 Å². The highest BCUT2D eigenvalue weighted by Gasteiger charge is 2.18. The van der Waals surface area contributed by atoms with E-state index in [9.17, 15) is 9.90 Å². The number of aromatic amines is 1. The Morgan fingerprint density at radius 3 is 2.68 bits per heavy atom. The third-order valence-corrected chi connectivity index (χ3v) is 6.59. The van der Waals surface area contributed by atoms with Crippen molar-refractivity contribution in [3.8, 4) is 33.2 Å². The summed E-state index contributed by atoms with van der Waals surface area (Å²) >= 11 is 3.00. The van der Waals surface area contributed by atoms with Crippen molar-refractivity contribution in [3.63, 3.8) is 0 Å². The number of pyridine rings is 2. The van der Waals surface area contributed by atoms with Gasteiger partial charge in [0.25, 0.3) is 5.56 Å². The van der Waals surface area contributed by atoms with Crippen LogP contribution in [0.5, 0.6) is 11.5 Å². The number of nitrogens with zero attached hydrogens (tertiary/aromatic N) is 1. The lowest BCUT2D eigenvalue weighted by Crippen LogP contribution is -2.02. The van der Waals surface area contributed by atoms with Crippen LogP contribution < -0.4 is 10.3 Å². The number of nitrogens with one attached hydrogen (secondary N) is 1. The first-order valence-corrected chi connectivity index (χ1v) is 10.2. The molecule has 0 fully saturated rings. The highest BCUT2D eigenvalue weighted by molar-refractivity contribution is 7.26. The van der Waals surface area contributed by atoms with Gasteiger partial charge in [0.05, 0.1) is 23.0 Å². The minimum atomic E-state index is -0.332. The van der Waals surface area contributed by atoms with E-state index in [2.05, 4.69) is 4.98 Å². The molecule has 0 amide bonds. The first kappa shape index (κ1) is 17.0. The lowest BCUT2D eigenvalue weighted by molar-refractivity contribution is 0.415. The molecular weight excluding hydrogens is 392 g/mol. The predicted octanol–water partition coefficient (Wildman–Crippen LogP) is 5.25. The molecule has 0 saturated heterocycles. The number of benzene rings is 1. The first-order chi connectivity index (χ1) is 13.6. The largest absolute Gasteiger partial charge is 0.506 e. The molecule has 4 aromatic heterocycles. The van der Waals surface area contributed by atoms with E-state index in [1.807, 2.05) is 47.8 Å². The van der Waals surface area contributed by atoms with Crippen molar-refractivity contribution in [2.75, 3.05) is 7.11 Å². The fourth-order valence-corrected chi connectivity index (χ4v) is 5.10. The van der Waals surface area contributed by atoms with Crippen molar-refractivity contribution >= 4 is 43.1 Å². The summed E-state index contributed by atoms with van der Waals surface area (Å²) in [6, 6.07) is 15.0. The summed E-state index contributed by atoms with van der Waals surface area (Å²) in [4.78, 5) is 21.5. The van der Waals surface area contributed by atoms with Gasteiger partial charge in [-0.25, -0.2) is 4.98 Å². The van der Waals surface area contributed by atoms with Gasteiger partial charge in [0.2, 0.25) is 0 Å². The Bertz CT molecular complexity index is 1370. The van der Waals surface area contributed by atoms with Gasteiger partial charge in [0.15, 0.2) is 0 Å². The number of hydrogen-bond acceptors (Lipinski definition) is 6. The molecule has 4 heterocycles. The number of thiophene rings is 2. The lowest BCUT2D eigenvalue weighted by Gasteiger charge is -2.07. The molecule has 5 aromatic rings. The van der Waals surface area contributed by atoms with Crippen LogP contribution in [0.1, 0.15) is 0 Å². The highest BCUT2D eigenvalue weighted by atomic mass is 32.1. The van der Waals surface area contributed by atoms with Gasteiger partial charge in [0, 0.05) is 27.5 Å². The van der Waals surface area contributed by atoms with E-state index in [1.165, 1.54) is 17.4 Å². The molecule has 2 N–H and O–H groups in total. The van der Waals surface area contributed by atoms with E-state index in [0.29, 0.717) is 10.2 Å². The number of ether oxygens (including phenoxy) is 1. The van der Waals surface area contributed by atoms with Crippen LogP contribution in [-0.2, 0) is 0 Å². The Kier molecular flexibility index (Phi) is 3.92. The summed E-state index contributed by atoms with van der Waals surface area (Å²) in [5.41, 5.74) is 3.07. The first-order valence-electron chi connectivity index (χ1n) is 8.52. The Morgan fingerprint density at radius 1 is 1.14 bits per heavy atom. The molecule has 0 radical (unpaired) electrons.